The molecule has 2 saturated heterocycles. The van der Waals surface area contributed by atoms with Crippen LogP contribution in [0.4, 0.5) is 0 Å². The van der Waals surface area contributed by atoms with Gasteiger partial charge in [0.15, 0.2) is 0 Å². The molecule has 0 aromatic heterocycles. The number of hydrogen-bond acceptors (Lipinski definition) is 4. The molecule has 3 aliphatic rings. The van der Waals surface area contributed by atoms with Crippen molar-refractivity contribution in [3.63, 3.8) is 0 Å². The van der Waals surface area contributed by atoms with E-state index in [-0.39, 0.29) is 35.8 Å². The summed E-state index contributed by atoms with van der Waals surface area (Å²) in [6.07, 6.45) is 3.23. The van der Waals surface area contributed by atoms with Crippen molar-refractivity contribution in [1.29, 1.82) is 0 Å². The minimum absolute atomic E-state index is 0.0116. The van der Waals surface area contributed by atoms with Crippen LogP contribution in [-0.2, 0) is 14.3 Å². The first-order valence-corrected chi connectivity index (χ1v) is 7.33. The molecule has 5 heteroatoms. The van der Waals surface area contributed by atoms with Crippen LogP contribution >= 0.6 is 0 Å². The Kier molecular flexibility index (Phi) is 3.31. The summed E-state index contributed by atoms with van der Waals surface area (Å²) in [7, 11) is 0. The predicted molar refractivity (Wildman–Crippen MR) is 70.6 cm³/mol. The highest BCUT2D eigenvalue weighted by atomic mass is 16.6. The number of rotatable bonds is 3. The van der Waals surface area contributed by atoms with E-state index in [0.29, 0.717) is 12.3 Å². The largest absolute Gasteiger partial charge is 0.374 e. The zero-order chi connectivity index (χ0) is 13.6. The van der Waals surface area contributed by atoms with Crippen LogP contribution in [0.2, 0.25) is 0 Å². The summed E-state index contributed by atoms with van der Waals surface area (Å²) in [5, 5.41) is 3.03. The standard InChI is InChI=1S/C14H24N2O3/c1-8-9(2)19-12(6-14(8)7-18-14)5-13(17)16-11-3-10(15)4-11/h8-12H,3-7,15H2,1-2H3,(H,16,17). The third-order valence-electron chi connectivity index (χ3n) is 4.98. The SMILES string of the molecule is CC1OC(CC(=O)NC2CC(N)C2)CC2(CO2)C1C. The summed E-state index contributed by atoms with van der Waals surface area (Å²) < 4.78 is 11.6. The monoisotopic (exact) mass is 268 g/mol. The van der Waals surface area contributed by atoms with Gasteiger partial charge in [-0.2, -0.15) is 0 Å². The van der Waals surface area contributed by atoms with Gasteiger partial charge in [0.1, 0.15) is 0 Å². The number of carbonyl (C=O) groups is 1. The Morgan fingerprint density at radius 3 is 2.68 bits per heavy atom. The zero-order valence-electron chi connectivity index (χ0n) is 11.7. The van der Waals surface area contributed by atoms with E-state index in [1.54, 1.807) is 0 Å². The fourth-order valence-electron chi connectivity index (χ4n) is 3.34. The summed E-state index contributed by atoms with van der Waals surface area (Å²) >= 11 is 0. The molecule has 0 radical (unpaired) electrons. The first kappa shape index (κ1) is 13.3. The molecule has 1 amide bonds. The molecule has 3 fully saturated rings. The number of ether oxygens (including phenoxy) is 2. The predicted octanol–water partition coefficient (Wildman–Crippen LogP) is 0.565. The van der Waals surface area contributed by atoms with Gasteiger partial charge in [0.25, 0.3) is 0 Å². The number of amides is 1. The Hall–Kier alpha value is -0.650. The fraction of sp³-hybridized carbons (Fsp3) is 0.929. The van der Waals surface area contributed by atoms with Gasteiger partial charge in [-0.25, -0.2) is 0 Å². The van der Waals surface area contributed by atoms with Gasteiger partial charge in [0, 0.05) is 24.4 Å². The van der Waals surface area contributed by atoms with E-state index in [1.165, 1.54) is 0 Å². The lowest BCUT2D eigenvalue weighted by Crippen LogP contribution is -2.51. The van der Waals surface area contributed by atoms with Crippen molar-refractivity contribution < 1.29 is 14.3 Å². The van der Waals surface area contributed by atoms with Gasteiger partial charge in [-0.15, -0.1) is 0 Å². The van der Waals surface area contributed by atoms with Crippen LogP contribution in [0, 0.1) is 5.92 Å². The normalized spacial score (nSPS) is 48.7. The van der Waals surface area contributed by atoms with Crippen molar-refractivity contribution in [2.75, 3.05) is 6.61 Å². The summed E-state index contributed by atoms with van der Waals surface area (Å²) in [4.78, 5) is 12.0. The van der Waals surface area contributed by atoms with Gasteiger partial charge in [-0.05, 0) is 19.8 Å². The average Bonchev–Trinajstić information content (AvgIpc) is 3.04. The van der Waals surface area contributed by atoms with Crippen LogP contribution < -0.4 is 11.1 Å². The topological polar surface area (TPSA) is 76.9 Å². The van der Waals surface area contributed by atoms with E-state index >= 15 is 0 Å². The second-order valence-electron chi connectivity index (χ2n) is 6.51. The second kappa shape index (κ2) is 4.72. The maximum Gasteiger partial charge on any atom is 0.222 e. The van der Waals surface area contributed by atoms with Gasteiger partial charge in [-0.3, -0.25) is 4.79 Å². The van der Waals surface area contributed by atoms with E-state index < -0.39 is 0 Å². The highest BCUT2D eigenvalue weighted by Gasteiger charge is 2.56. The van der Waals surface area contributed by atoms with Crippen LogP contribution in [0.25, 0.3) is 0 Å². The highest BCUT2D eigenvalue weighted by Crippen LogP contribution is 2.46. The quantitative estimate of drug-likeness (QED) is 0.733. The fourth-order valence-corrected chi connectivity index (χ4v) is 3.34. The average molecular weight is 268 g/mol. The minimum Gasteiger partial charge on any atom is -0.374 e. The number of nitrogens with one attached hydrogen (secondary N) is 1. The summed E-state index contributed by atoms with van der Waals surface area (Å²) in [6, 6.07) is 0.536. The van der Waals surface area contributed by atoms with Crippen molar-refractivity contribution in [2.24, 2.45) is 11.7 Å². The molecule has 1 saturated carbocycles. The van der Waals surface area contributed by atoms with Crippen LogP contribution in [0.3, 0.4) is 0 Å². The molecule has 1 spiro atoms. The van der Waals surface area contributed by atoms with E-state index in [1.807, 2.05) is 0 Å². The number of hydrogen-bond donors (Lipinski definition) is 2. The molecular weight excluding hydrogens is 244 g/mol. The van der Waals surface area contributed by atoms with Gasteiger partial charge in [0.2, 0.25) is 5.91 Å². The molecule has 4 atom stereocenters. The molecule has 0 aromatic rings. The van der Waals surface area contributed by atoms with Crippen LogP contribution in [0.15, 0.2) is 0 Å². The van der Waals surface area contributed by atoms with Crippen molar-refractivity contribution in [1.82, 2.24) is 5.32 Å². The molecule has 5 nitrogen and oxygen atoms in total. The number of nitrogens with two attached hydrogens (primary N) is 1. The van der Waals surface area contributed by atoms with Crippen LogP contribution in [0.1, 0.15) is 39.5 Å². The van der Waals surface area contributed by atoms with Gasteiger partial charge in [-0.1, -0.05) is 6.92 Å². The Morgan fingerprint density at radius 1 is 1.42 bits per heavy atom. The molecule has 4 unspecified atom stereocenters. The lowest BCUT2D eigenvalue weighted by molar-refractivity contribution is -0.135. The molecule has 2 aliphatic heterocycles. The van der Waals surface area contributed by atoms with Crippen molar-refractivity contribution in [2.45, 2.75) is 69.4 Å². The maximum absolute atomic E-state index is 12.0. The highest BCUT2D eigenvalue weighted by molar-refractivity contribution is 5.77. The smallest absolute Gasteiger partial charge is 0.222 e. The molecule has 0 aromatic carbocycles. The van der Waals surface area contributed by atoms with Gasteiger partial charge >= 0.3 is 0 Å². The zero-order valence-corrected chi connectivity index (χ0v) is 11.7. The third-order valence-corrected chi connectivity index (χ3v) is 4.98. The Bertz CT molecular complexity index is 364. The number of carbonyl (C=O) groups excluding carboxylic acids is 1. The van der Waals surface area contributed by atoms with Crippen LogP contribution in [-0.4, -0.2) is 42.4 Å². The summed E-state index contributed by atoms with van der Waals surface area (Å²) in [5.74, 6) is 0.496. The molecule has 3 rings (SSSR count). The lowest BCUT2D eigenvalue weighted by Gasteiger charge is -2.38. The van der Waals surface area contributed by atoms with Crippen molar-refractivity contribution in [3.05, 3.63) is 0 Å². The molecule has 19 heavy (non-hydrogen) atoms. The van der Waals surface area contributed by atoms with E-state index in [9.17, 15) is 4.79 Å². The summed E-state index contributed by atoms with van der Waals surface area (Å²) in [5.41, 5.74) is 5.70. The Morgan fingerprint density at radius 2 is 2.11 bits per heavy atom. The molecule has 1 aliphatic carbocycles. The van der Waals surface area contributed by atoms with Crippen molar-refractivity contribution in [3.8, 4) is 0 Å². The second-order valence-corrected chi connectivity index (χ2v) is 6.51. The van der Waals surface area contributed by atoms with Gasteiger partial charge in [0.05, 0.1) is 30.8 Å². The van der Waals surface area contributed by atoms with Crippen molar-refractivity contribution >= 4 is 5.91 Å². The maximum atomic E-state index is 12.0. The van der Waals surface area contributed by atoms with E-state index in [4.69, 9.17) is 15.2 Å². The Balaban J connectivity index is 1.48. The molecule has 0 bridgehead atoms. The van der Waals surface area contributed by atoms with E-state index in [2.05, 4.69) is 19.2 Å². The lowest BCUT2D eigenvalue weighted by atomic mass is 9.82. The minimum atomic E-state index is -0.0125. The first-order chi connectivity index (χ1) is 8.98. The van der Waals surface area contributed by atoms with Gasteiger partial charge < -0.3 is 20.5 Å². The third kappa shape index (κ3) is 2.64. The molecule has 108 valence electrons. The Labute approximate surface area is 114 Å². The molecule has 3 N–H and O–H groups in total. The number of epoxide rings is 1. The molecule has 2 heterocycles. The molecular formula is C14H24N2O3. The van der Waals surface area contributed by atoms with Crippen LogP contribution in [0.5, 0.6) is 0 Å². The summed E-state index contributed by atoms with van der Waals surface area (Å²) in [6.45, 7) is 5.06. The first-order valence-electron chi connectivity index (χ1n) is 7.33. The van der Waals surface area contributed by atoms with E-state index in [0.717, 1.165) is 25.9 Å².